The maximum atomic E-state index is 13.4. The van der Waals surface area contributed by atoms with E-state index in [0.29, 0.717) is 18.0 Å². The number of carbonyl (C=O) groups excluding carboxylic acids is 1. The molecule has 1 aliphatic heterocycles. The first kappa shape index (κ1) is 18.9. The number of ether oxygens (including phenoxy) is 2. The van der Waals surface area contributed by atoms with E-state index >= 15 is 0 Å². The minimum atomic E-state index is -0.163. The second-order valence-corrected chi connectivity index (χ2v) is 7.21. The molecular formula is C26H20N2O3. The van der Waals surface area contributed by atoms with E-state index in [4.69, 9.17) is 9.47 Å². The number of amides is 1. The van der Waals surface area contributed by atoms with Crippen LogP contribution in [0.4, 0.5) is 5.69 Å². The van der Waals surface area contributed by atoms with Crippen LogP contribution in [0, 0.1) is 0 Å². The van der Waals surface area contributed by atoms with Crippen LogP contribution in [0.15, 0.2) is 97.2 Å². The number of carbonyl (C=O) groups is 1. The summed E-state index contributed by atoms with van der Waals surface area (Å²) in [6.07, 6.45) is 1.63. The van der Waals surface area contributed by atoms with Gasteiger partial charge >= 0.3 is 0 Å². The standard InChI is InChI=1S/C26H20N2O3/c29-26(23-11-4-5-14-27-23)28(17-19-12-13-24-25(15-19)31-18-30-24)22-10-6-9-21(16-22)20-7-2-1-3-8-20/h1-16H,17-18H2. The summed E-state index contributed by atoms with van der Waals surface area (Å²) in [6, 6.07) is 29.2. The normalized spacial score (nSPS) is 11.9. The Hall–Kier alpha value is -4.12. The van der Waals surface area contributed by atoms with Gasteiger partial charge in [-0.05, 0) is 53.1 Å². The number of pyridine rings is 1. The average molecular weight is 408 g/mol. The molecule has 0 saturated carbocycles. The number of nitrogens with zero attached hydrogens (tertiary/aromatic N) is 2. The monoisotopic (exact) mass is 408 g/mol. The van der Waals surface area contributed by atoms with E-state index in [1.807, 2.05) is 66.7 Å². The van der Waals surface area contributed by atoms with Crippen molar-refractivity contribution in [3.63, 3.8) is 0 Å². The Balaban J connectivity index is 1.53. The van der Waals surface area contributed by atoms with Crippen LogP contribution in [0.5, 0.6) is 11.5 Å². The Kier molecular flexibility index (Phi) is 5.07. The van der Waals surface area contributed by atoms with Gasteiger partial charge in [0.2, 0.25) is 6.79 Å². The van der Waals surface area contributed by atoms with Gasteiger partial charge in [-0.1, -0.05) is 54.6 Å². The van der Waals surface area contributed by atoms with Crippen LogP contribution in [0.25, 0.3) is 11.1 Å². The predicted molar refractivity (Wildman–Crippen MR) is 119 cm³/mol. The Morgan fingerprint density at radius 3 is 2.45 bits per heavy atom. The first-order chi connectivity index (χ1) is 15.3. The zero-order valence-corrected chi connectivity index (χ0v) is 16.8. The van der Waals surface area contributed by atoms with Crippen LogP contribution in [0.2, 0.25) is 0 Å². The maximum Gasteiger partial charge on any atom is 0.277 e. The SMILES string of the molecule is O=C(c1ccccn1)N(Cc1ccc2c(c1)OCO2)c1cccc(-c2ccccc2)c1. The molecule has 0 unspecified atom stereocenters. The van der Waals surface area contributed by atoms with E-state index in [1.54, 1.807) is 23.2 Å². The highest BCUT2D eigenvalue weighted by atomic mass is 16.7. The van der Waals surface area contributed by atoms with E-state index in [-0.39, 0.29) is 12.7 Å². The van der Waals surface area contributed by atoms with Gasteiger partial charge in [0.1, 0.15) is 5.69 Å². The molecule has 152 valence electrons. The number of aromatic nitrogens is 1. The van der Waals surface area contributed by atoms with Crippen LogP contribution in [0.3, 0.4) is 0 Å². The number of benzene rings is 3. The van der Waals surface area contributed by atoms with Gasteiger partial charge in [-0.15, -0.1) is 0 Å². The maximum absolute atomic E-state index is 13.4. The Bertz CT molecular complexity index is 1210. The van der Waals surface area contributed by atoms with Crippen LogP contribution < -0.4 is 14.4 Å². The van der Waals surface area contributed by atoms with E-state index in [0.717, 1.165) is 28.1 Å². The Morgan fingerprint density at radius 1 is 0.806 bits per heavy atom. The molecule has 2 heterocycles. The highest BCUT2D eigenvalue weighted by molar-refractivity contribution is 6.05. The molecule has 0 spiro atoms. The van der Waals surface area contributed by atoms with E-state index in [2.05, 4.69) is 17.1 Å². The zero-order chi connectivity index (χ0) is 21.0. The van der Waals surface area contributed by atoms with Crippen LogP contribution in [-0.4, -0.2) is 17.7 Å². The molecule has 1 aromatic heterocycles. The van der Waals surface area contributed by atoms with Gasteiger partial charge in [-0.25, -0.2) is 0 Å². The van der Waals surface area contributed by atoms with E-state index in [9.17, 15) is 4.79 Å². The molecule has 1 amide bonds. The summed E-state index contributed by atoms with van der Waals surface area (Å²) in [6.45, 7) is 0.596. The predicted octanol–water partition coefficient (Wildman–Crippen LogP) is 5.32. The number of anilines is 1. The number of hydrogen-bond donors (Lipinski definition) is 0. The topological polar surface area (TPSA) is 51.7 Å². The summed E-state index contributed by atoms with van der Waals surface area (Å²) in [4.78, 5) is 19.5. The van der Waals surface area contributed by atoms with Crippen molar-refractivity contribution < 1.29 is 14.3 Å². The molecule has 0 bridgehead atoms. The average Bonchev–Trinajstić information content (AvgIpc) is 3.31. The lowest BCUT2D eigenvalue weighted by Crippen LogP contribution is -2.31. The summed E-state index contributed by atoms with van der Waals surface area (Å²) in [5.41, 5.74) is 4.28. The summed E-state index contributed by atoms with van der Waals surface area (Å²) in [5, 5.41) is 0. The van der Waals surface area contributed by atoms with Crippen molar-refractivity contribution in [2.45, 2.75) is 6.54 Å². The van der Waals surface area contributed by atoms with E-state index in [1.165, 1.54) is 0 Å². The zero-order valence-electron chi connectivity index (χ0n) is 16.8. The summed E-state index contributed by atoms with van der Waals surface area (Å²) < 4.78 is 10.9. The smallest absolute Gasteiger partial charge is 0.277 e. The van der Waals surface area contributed by atoms with Crippen molar-refractivity contribution in [1.29, 1.82) is 0 Å². The second-order valence-electron chi connectivity index (χ2n) is 7.21. The third kappa shape index (κ3) is 3.98. The molecule has 1 aliphatic rings. The fraction of sp³-hybridized carbons (Fsp3) is 0.0769. The van der Waals surface area contributed by atoms with Crippen molar-refractivity contribution in [2.24, 2.45) is 0 Å². The largest absolute Gasteiger partial charge is 0.454 e. The Morgan fingerprint density at radius 2 is 1.61 bits per heavy atom. The Labute approximate surface area is 180 Å². The lowest BCUT2D eigenvalue weighted by molar-refractivity contribution is 0.0980. The third-order valence-corrected chi connectivity index (χ3v) is 5.17. The van der Waals surface area contributed by atoms with Crippen LogP contribution >= 0.6 is 0 Å². The van der Waals surface area contributed by atoms with Crippen LogP contribution in [-0.2, 0) is 6.54 Å². The molecule has 3 aromatic carbocycles. The van der Waals surface area contributed by atoms with Gasteiger partial charge in [0, 0.05) is 11.9 Å². The third-order valence-electron chi connectivity index (χ3n) is 5.17. The minimum Gasteiger partial charge on any atom is -0.454 e. The molecule has 0 fully saturated rings. The van der Waals surface area contributed by atoms with Crippen molar-refractivity contribution in [3.8, 4) is 22.6 Å². The number of hydrogen-bond acceptors (Lipinski definition) is 4. The lowest BCUT2D eigenvalue weighted by atomic mass is 10.0. The number of rotatable bonds is 5. The number of fused-ring (bicyclic) bond motifs is 1. The summed E-state index contributed by atoms with van der Waals surface area (Å²) in [5.74, 6) is 1.25. The molecule has 0 saturated heterocycles. The van der Waals surface area contributed by atoms with Gasteiger partial charge in [-0.3, -0.25) is 9.78 Å². The quantitative estimate of drug-likeness (QED) is 0.448. The van der Waals surface area contributed by atoms with Gasteiger partial charge in [0.05, 0.1) is 6.54 Å². The molecule has 0 atom stereocenters. The molecule has 5 nitrogen and oxygen atoms in total. The lowest BCUT2D eigenvalue weighted by Gasteiger charge is -2.23. The highest BCUT2D eigenvalue weighted by Crippen LogP contribution is 2.34. The van der Waals surface area contributed by atoms with Crippen molar-refractivity contribution in [3.05, 3.63) is 108 Å². The first-order valence-electron chi connectivity index (χ1n) is 10.0. The summed E-state index contributed by atoms with van der Waals surface area (Å²) in [7, 11) is 0. The van der Waals surface area contributed by atoms with Gasteiger partial charge in [0.15, 0.2) is 11.5 Å². The molecule has 0 aliphatic carbocycles. The van der Waals surface area contributed by atoms with E-state index < -0.39 is 0 Å². The van der Waals surface area contributed by atoms with Crippen LogP contribution in [0.1, 0.15) is 16.1 Å². The van der Waals surface area contributed by atoms with Gasteiger partial charge < -0.3 is 14.4 Å². The summed E-state index contributed by atoms with van der Waals surface area (Å²) >= 11 is 0. The fourth-order valence-electron chi connectivity index (χ4n) is 3.61. The molecule has 5 rings (SSSR count). The van der Waals surface area contributed by atoms with Crippen molar-refractivity contribution in [2.75, 3.05) is 11.7 Å². The fourth-order valence-corrected chi connectivity index (χ4v) is 3.61. The minimum absolute atomic E-state index is 0.163. The molecule has 0 N–H and O–H groups in total. The first-order valence-corrected chi connectivity index (χ1v) is 10.0. The van der Waals surface area contributed by atoms with Gasteiger partial charge in [0.25, 0.3) is 5.91 Å². The highest BCUT2D eigenvalue weighted by Gasteiger charge is 2.21. The molecule has 0 radical (unpaired) electrons. The molecule has 5 heteroatoms. The molecule has 4 aromatic rings. The van der Waals surface area contributed by atoms with Crippen molar-refractivity contribution >= 4 is 11.6 Å². The van der Waals surface area contributed by atoms with Crippen molar-refractivity contribution in [1.82, 2.24) is 4.98 Å². The molecule has 31 heavy (non-hydrogen) atoms. The van der Waals surface area contributed by atoms with Gasteiger partial charge in [-0.2, -0.15) is 0 Å². The second kappa shape index (κ2) is 8.32. The molecular weight excluding hydrogens is 388 g/mol.